The standard InChI is InChI=1S/C20H27N5O/c21-17(14-3-1-2-4-19(14)26)11-15-16-12-25(13-5-8-23-9-6-13)10-7-18(16)24-20(15)22/h1-4,11,13,23-24,26H,5-10,12,21-22H2/b17-11-. The first kappa shape index (κ1) is 17.0. The molecule has 1 aromatic heterocycles. The Labute approximate surface area is 153 Å². The number of fused-ring (bicyclic) bond motifs is 1. The molecule has 0 bridgehead atoms. The third-order valence-electron chi connectivity index (χ3n) is 5.62. The second kappa shape index (κ2) is 7.05. The van der Waals surface area contributed by atoms with Crippen molar-refractivity contribution < 1.29 is 5.11 Å². The maximum Gasteiger partial charge on any atom is 0.124 e. The minimum Gasteiger partial charge on any atom is -0.507 e. The first-order valence-corrected chi connectivity index (χ1v) is 9.33. The number of hydrogen-bond acceptors (Lipinski definition) is 5. The Balaban J connectivity index is 1.63. The third kappa shape index (κ3) is 3.18. The maximum absolute atomic E-state index is 10.1. The minimum absolute atomic E-state index is 0.181. The number of para-hydroxylation sites is 1. The summed E-state index contributed by atoms with van der Waals surface area (Å²) in [7, 11) is 0. The predicted octanol–water partition coefficient (Wildman–Crippen LogP) is 1.87. The van der Waals surface area contributed by atoms with Crippen molar-refractivity contribution in [1.29, 1.82) is 0 Å². The van der Waals surface area contributed by atoms with Gasteiger partial charge in [0.05, 0.1) is 0 Å². The molecule has 138 valence electrons. The number of nitrogen functional groups attached to an aromatic ring is 1. The van der Waals surface area contributed by atoms with Crippen LogP contribution in [0.1, 0.15) is 35.2 Å². The average Bonchev–Trinajstić information content (AvgIpc) is 2.97. The van der Waals surface area contributed by atoms with Gasteiger partial charge in [-0.2, -0.15) is 0 Å². The molecule has 26 heavy (non-hydrogen) atoms. The summed E-state index contributed by atoms with van der Waals surface area (Å²) in [5.41, 5.74) is 17.1. The molecule has 0 spiro atoms. The van der Waals surface area contributed by atoms with Crippen molar-refractivity contribution >= 4 is 17.6 Å². The van der Waals surface area contributed by atoms with E-state index in [0.717, 1.165) is 38.2 Å². The molecule has 1 fully saturated rings. The molecule has 0 unspecified atom stereocenters. The van der Waals surface area contributed by atoms with Crippen LogP contribution in [-0.4, -0.2) is 40.7 Å². The summed E-state index contributed by atoms with van der Waals surface area (Å²) >= 11 is 0. The smallest absolute Gasteiger partial charge is 0.124 e. The van der Waals surface area contributed by atoms with Crippen LogP contribution in [0.3, 0.4) is 0 Å². The van der Waals surface area contributed by atoms with Gasteiger partial charge in [-0.05, 0) is 49.7 Å². The number of phenolic OH excluding ortho intramolecular Hbond substituents is 1. The predicted molar refractivity (Wildman–Crippen MR) is 105 cm³/mol. The van der Waals surface area contributed by atoms with Gasteiger partial charge in [0.2, 0.25) is 0 Å². The highest BCUT2D eigenvalue weighted by atomic mass is 16.3. The van der Waals surface area contributed by atoms with E-state index in [0.29, 0.717) is 23.1 Å². The van der Waals surface area contributed by atoms with Crippen LogP contribution in [0.25, 0.3) is 11.8 Å². The second-order valence-electron chi connectivity index (χ2n) is 7.23. The lowest BCUT2D eigenvalue weighted by Crippen LogP contribution is -2.45. The van der Waals surface area contributed by atoms with Gasteiger partial charge in [-0.25, -0.2) is 0 Å². The number of H-pyrrole nitrogens is 1. The Bertz CT molecular complexity index is 820. The lowest BCUT2D eigenvalue weighted by molar-refractivity contribution is 0.146. The SMILES string of the molecule is N/C(=C\c1c(N)[nH]c2c1CN(C1CCNCC1)CC2)c1ccccc1O. The Morgan fingerprint density at radius 3 is 2.77 bits per heavy atom. The van der Waals surface area contributed by atoms with Crippen molar-refractivity contribution in [1.82, 2.24) is 15.2 Å². The number of nitrogens with one attached hydrogen (secondary N) is 2. The van der Waals surface area contributed by atoms with Crippen molar-refractivity contribution in [2.75, 3.05) is 25.4 Å². The molecule has 2 aliphatic rings. The zero-order valence-electron chi connectivity index (χ0n) is 15.0. The summed E-state index contributed by atoms with van der Waals surface area (Å²) in [5, 5.41) is 13.5. The molecule has 0 radical (unpaired) electrons. The van der Waals surface area contributed by atoms with Crippen LogP contribution in [0, 0.1) is 0 Å². The molecule has 6 nitrogen and oxygen atoms in total. The van der Waals surface area contributed by atoms with Gasteiger partial charge in [0.1, 0.15) is 11.6 Å². The third-order valence-corrected chi connectivity index (χ3v) is 5.62. The van der Waals surface area contributed by atoms with Crippen molar-refractivity contribution in [2.45, 2.75) is 31.8 Å². The highest BCUT2D eigenvalue weighted by Crippen LogP contribution is 2.32. The van der Waals surface area contributed by atoms with E-state index in [-0.39, 0.29) is 5.75 Å². The summed E-state index contributed by atoms with van der Waals surface area (Å²) in [6.45, 7) is 4.15. The summed E-state index contributed by atoms with van der Waals surface area (Å²) < 4.78 is 0. The van der Waals surface area contributed by atoms with Crippen LogP contribution in [-0.2, 0) is 13.0 Å². The number of aromatic hydroxyl groups is 1. The molecule has 3 heterocycles. The van der Waals surface area contributed by atoms with Gasteiger partial charge in [-0.15, -0.1) is 0 Å². The van der Waals surface area contributed by atoms with E-state index in [9.17, 15) is 5.11 Å². The van der Waals surface area contributed by atoms with E-state index in [2.05, 4.69) is 15.2 Å². The number of anilines is 1. The fourth-order valence-electron chi connectivity index (χ4n) is 4.16. The molecule has 2 aromatic rings. The highest BCUT2D eigenvalue weighted by Gasteiger charge is 2.28. The fraction of sp³-hybridized carbons (Fsp3) is 0.400. The zero-order valence-corrected chi connectivity index (χ0v) is 15.0. The first-order valence-electron chi connectivity index (χ1n) is 9.33. The van der Waals surface area contributed by atoms with E-state index in [1.165, 1.54) is 24.1 Å². The van der Waals surface area contributed by atoms with Crippen molar-refractivity contribution in [2.24, 2.45) is 5.73 Å². The Morgan fingerprint density at radius 1 is 1.23 bits per heavy atom. The van der Waals surface area contributed by atoms with Crippen LogP contribution < -0.4 is 16.8 Å². The monoisotopic (exact) mass is 353 g/mol. The van der Waals surface area contributed by atoms with Gasteiger partial charge in [0.25, 0.3) is 0 Å². The summed E-state index contributed by atoms with van der Waals surface area (Å²) in [5.74, 6) is 0.834. The summed E-state index contributed by atoms with van der Waals surface area (Å²) in [6, 6.07) is 7.75. The second-order valence-corrected chi connectivity index (χ2v) is 7.23. The van der Waals surface area contributed by atoms with Crippen LogP contribution in [0.4, 0.5) is 5.82 Å². The number of aromatic amines is 1. The molecule has 2 aliphatic heterocycles. The number of nitrogens with two attached hydrogens (primary N) is 2. The van der Waals surface area contributed by atoms with Gasteiger partial charge in [-0.1, -0.05) is 12.1 Å². The molecule has 0 saturated carbocycles. The fourth-order valence-corrected chi connectivity index (χ4v) is 4.16. The number of hydrogen-bond donors (Lipinski definition) is 5. The molecule has 0 amide bonds. The number of nitrogens with zero attached hydrogens (tertiary/aromatic N) is 1. The quantitative estimate of drug-likeness (QED) is 0.580. The molecule has 1 saturated heterocycles. The van der Waals surface area contributed by atoms with Gasteiger partial charge in [-0.3, -0.25) is 4.90 Å². The van der Waals surface area contributed by atoms with Gasteiger partial charge in [0.15, 0.2) is 0 Å². The lowest BCUT2D eigenvalue weighted by Gasteiger charge is -2.37. The molecule has 4 rings (SSSR count). The van der Waals surface area contributed by atoms with E-state index in [1.807, 2.05) is 18.2 Å². The molecule has 6 heteroatoms. The molecular formula is C20H27N5O. The van der Waals surface area contributed by atoms with Crippen LogP contribution >= 0.6 is 0 Å². The van der Waals surface area contributed by atoms with Gasteiger partial charge < -0.3 is 26.9 Å². The largest absolute Gasteiger partial charge is 0.507 e. The van der Waals surface area contributed by atoms with Crippen LogP contribution in [0.5, 0.6) is 5.75 Å². The zero-order chi connectivity index (χ0) is 18.1. The molecule has 0 atom stereocenters. The Hall–Kier alpha value is -2.44. The summed E-state index contributed by atoms with van der Waals surface area (Å²) in [6.07, 6.45) is 5.26. The van der Waals surface area contributed by atoms with E-state index in [1.54, 1.807) is 12.1 Å². The van der Waals surface area contributed by atoms with Crippen molar-refractivity contribution in [3.8, 4) is 5.75 Å². The number of aromatic nitrogens is 1. The van der Waals surface area contributed by atoms with Crippen molar-refractivity contribution in [3.63, 3.8) is 0 Å². The number of piperidine rings is 1. The van der Waals surface area contributed by atoms with Gasteiger partial charge >= 0.3 is 0 Å². The molecule has 7 N–H and O–H groups in total. The first-order chi connectivity index (χ1) is 12.6. The Kier molecular flexibility index (Phi) is 4.61. The van der Waals surface area contributed by atoms with E-state index >= 15 is 0 Å². The number of phenols is 1. The summed E-state index contributed by atoms with van der Waals surface area (Å²) in [4.78, 5) is 5.91. The lowest BCUT2D eigenvalue weighted by atomic mass is 9.97. The van der Waals surface area contributed by atoms with E-state index in [4.69, 9.17) is 11.5 Å². The normalized spacial score (nSPS) is 19.5. The van der Waals surface area contributed by atoms with Crippen molar-refractivity contribution in [3.05, 3.63) is 46.6 Å². The Morgan fingerprint density at radius 2 is 2.00 bits per heavy atom. The average molecular weight is 353 g/mol. The number of rotatable bonds is 3. The molecular weight excluding hydrogens is 326 g/mol. The van der Waals surface area contributed by atoms with Gasteiger partial charge in [0, 0.05) is 48.1 Å². The molecule has 1 aromatic carbocycles. The topological polar surface area (TPSA) is 103 Å². The molecule has 0 aliphatic carbocycles. The number of benzene rings is 1. The maximum atomic E-state index is 10.1. The van der Waals surface area contributed by atoms with Crippen LogP contribution in [0.2, 0.25) is 0 Å². The van der Waals surface area contributed by atoms with Crippen LogP contribution in [0.15, 0.2) is 24.3 Å². The van der Waals surface area contributed by atoms with E-state index < -0.39 is 0 Å². The minimum atomic E-state index is 0.181. The highest BCUT2D eigenvalue weighted by molar-refractivity contribution is 5.86.